The van der Waals surface area contributed by atoms with E-state index in [1.807, 2.05) is 27.8 Å². The van der Waals surface area contributed by atoms with Crippen LogP contribution in [0, 0.1) is 0 Å². The summed E-state index contributed by atoms with van der Waals surface area (Å²) in [5.41, 5.74) is -0.161. The number of ether oxygens (including phenoxy) is 1. The molecule has 3 nitrogen and oxygen atoms in total. The highest BCUT2D eigenvalue weighted by molar-refractivity contribution is 4.64. The van der Waals surface area contributed by atoms with Crippen molar-refractivity contribution >= 4 is 0 Å². The van der Waals surface area contributed by atoms with E-state index >= 15 is 0 Å². The van der Waals surface area contributed by atoms with Gasteiger partial charge in [-0.25, -0.2) is 0 Å². The monoisotopic (exact) mass is 189 g/mol. The lowest BCUT2D eigenvalue weighted by atomic mass is 10.2. The zero-order valence-electron chi connectivity index (χ0n) is 9.50. The number of hydrogen-bond donors (Lipinski definition) is 1. The largest absolute Gasteiger partial charge is 0.389 e. The van der Waals surface area contributed by atoms with Crippen molar-refractivity contribution in [1.29, 1.82) is 0 Å². The minimum atomic E-state index is -0.385. The van der Waals surface area contributed by atoms with Crippen LogP contribution >= 0.6 is 0 Å². The van der Waals surface area contributed by atoms with Crippen LogP contribution in [0.15, 0.2) is 0 Å². The molecule has 0 bridgehead atoms. The molecule has 0 aromatic rings. The number of nitrogens with zero attached hydrogens (tertiary/aromatic N) is 1. The Kier molecular flexibility index (Phi) is 5.53. The Morgan fingerprint density at radius 3 is 2.31 bits per heavy atom. The molecule has 1 N–H and O–H groups in total. The van der Waals surface area contributed by atoms with Crippen LogP contribution < -0.4 is 0 Å². The van der Waals surface area contributed by atoms with Gasteiger partial charge in [-0.3, -0.25) is 0 Å². The fourth-order valence-corrected chi connectivity index (χ4v) is 0.888. The summed E-state index contributed by atoms with van der Waals surface area (Å²) in [5, 5.41) is 9.55. The molecule has 0 aromatic carbocycles. The van der Waals surface area contributed by atoms with Gasteiger partial charge in [-0.05, 0) is 34.4 Å². The van der Waals surface area contributed by atoms with Gasteiger partial charge in [0.15, 0.2) is 0 Å². The highest BCUT2D eigenvalue weighted by atomic mass is 16.5. The Balaban J connectivity index is 3.57. The maximum atomic E-state index is 9.55. The number of rotatable bonds is 5. The van der Waals surface area contributed by atoms with Crippen molar-refractivity contribution in [3.63, 3.8) is 0 Å². The van der Waals surface area contributed by atoms with Gasteiger partial charge in [-0.2, -0.15) is 0 Å². The highest BCUT2D eigenvalue weighted by Gasteiger charge is 2.14. The second-order valence-electron chi connectivity index (χ2n) is 4.43. The minimum Gasteiger partial charge on any atom is -0.389 e. The van der Waals surface area contributed by atoms with Crippen LogP contribution in [-0.4, -0.2) is 48.5 Å². The lowest BCUT2D eigenvalue weighted by Crippen LogP contribution is -2.34. The number of hydrogen-bond acceptors (Lipinski definition) is 3. The van der Waals surface area contributed by atoms with Crippen LogP contribution in [0.2, 0.25) is 0 Å². The van der Waals surface area contributed by atoms with E-state index in [4.69, 9.17) is 4.74 Å². The van der Waals surface area contributed by atoms with E-state index in [-0.39, 0.29) is 11.7 Å². The van der Waals surface area contributed by atoms with Gasteiger partial charge in [0.2, 0.25) is 0 Å². The third kappa shape index (κ3) is 8.22. The molecule has 0 fully saturated rings. The van der Waals surface area contributed by atoms with Crippen molar-refractivity contribution in [2.24, 2.45) is 0 Å². The summed E-state index contributed by atoms with van der Waals surface area (Å²) in [6.07, 6.45) is -0.385. The van der Waals surface area contributed by atoms with Crippen molar-refractivity contribution in [3.8, 4) is 0 Å². The zero-order chi connectivity index (χ0) is 10.5. The lowest BCUT2D eigenvalue weighted by Gasteiger charge is -2.24. The second-order valence-corrected chi connectivity index (χ2v) is 4.43. The summed E-state index contributed by atoms with van der Waals surface area (Å²) in [6.45, 7) is 10.1. The fourth-order valence-electron chi connectivity index (χ4n) is 0.888. The first-order valence-corrected chi connectivity index (χ1v) is 4.85. The van der Waals surface area contributed by atoms with E-state index < -0.39 is 0 Å². The van der Waals surface area contributed by atoms with Crippen LogP contribution in [0.25, 0.3) is 0 Å². The topological polar surface area (TPSA) is 32.7 Å². The predicted octanol–water partition coefficient (Wildman–Crippen LogP) is 1.11. The van der Waals surface area contributed by atoms with Crippen molar-refractivity contribution in [2.75, 3.05) is 26.7 Å². The Hall–Kier alpha value is -0.120. The molecule has 0 aliphatic carbocycles. The van der Waals surface area contributed by atoms with Crippen molar-refractivity contribution in [1.82, 2.24) is 4.90 Å². The summed E-state index contributed by atoms with van der Waals surface area (Å²) in [7, 11) is 1.99. The lowest BCUT2D eigenvalue weighted by molar-refractivity contribution is -0.0543. The first-order chi connectivity index (χ1) is 5.85. The number of likely N-dealkylation sites (N-methyl/N-ethyl adjacent to an activating group) is 1. The maximum Gasteiger partial charge on any atom is 0.0900 e. The first-order valence-electron chi connectivity index (χ1n) is 4.85. The molecule has 0 aromatic heterocycles. The predicted molar refractivity (Wildman–Crippen MR) is 54.9 cm³/mol. The Morgan fingerprint density at radius 2 is 1.92 bits per heavy atom. The van der Waals surface area contributed by atoms with Crippen molar-refractivity contribution < 1.29 is 9.84 Å². The molecule has 0 saturated heterocycles. The van der Waals surface area contributed by atoms with Crippen LogP contribution in [0.3, 0.4) is 0 Å². The average Bonchev–Trinajstić information content (AvgIpc) is 1.99. The molecule has 1 unspecified atom stereocenters. The average molecular weight is 189 g/mol. The van der Waals surface area contributed by atoms with Crippen LogP contribution in [0.4, 0.5) is 0 Å². The third-order valence-electron chi connectivity index (χ3n) is 1.77. The van der Waals surface area contributed by atoms with E-state index in [1.165, 1.54) is 0 Å². The van der Waals surface area contributed by atoms with Crippen molar-refractivity contribution in [2.45, 2.75) is 39.4 Å². The summed E-state index contributed by atoms with van der Waals surface area (Å²) in [5.74, 6) is 0. The zero-order valence-corrected chi connectivity index (χ0v) is 9.50. The third-order valence-corrected chi connectivity index (χ3v) is 1.77. The fraction of sp³-hybridized carbons (Fsp3) is 1.00. The summed E-state index contributed by atoms with van der Waals surface area (Å²) >= 11 is 0. The standard InChI is InChI=1S/C10H23NO2/c1-6-11(5)7-9(12)8-13-10(2,3)4/h9,12H,6-8H2,1-5H3. The van der Waals surface area contributed by atoms with Gasteiger partial charge in [0.05, 0.1) is 18.3 Å². The molecule has 80 valence electrons. The van der Waals surface area contributed by atoms with Crippen molar-refractivity contribution in [3.05, 3.63) is 0 Å². The molecular formula is C10H23NO2. The molecule has 0 amide bonds. The van der Waals surface area contributed by atoms with Gasteiger partial charge >= 0.3 is 0 Å². The SMILES string of the molecule is CCN(C)CC(O)COC(C)(C)C. The molecular weight excluding hydrogens is 166 g/mol. The highest BCUT2D eigenvalue weighted by Crippen LogP contribution is 2.07. The quantitative estimate of drug-likeness (QED) is 0.703. The van der Waals surface area contributed by atoms with Gasteiger partial charge in [0, 0.05) is 6.54 Å². The normalized spacial score (nSPS) is 15.0. The summed E-state index contributed by atoms with van der Waals surface area (Å²) in [4.78, 5) is 2.07. The van der Waals surface area contributed by atoms with Crippen LogP contribution in [0.1, 0.15) is 27.7 Å². The van der Waals surface area contributed by atoms with Gasteiger partial charge < -0.3 is 14.7 Å². The van der Waals surface area contributed by atoms with Gasteiger partial charge in [-0.15, -0.1) is 0 Å². The van der Waals surface area contributed by atoms with E-state index in [1.54, 1.807) is 0 Å². The molecule has 0 saturated carbocycles. The van der Waals surface area contributed by atoms with Crippen LogP contribution in [0.5, 0.6) is 0 Å². The maximum absolute atomic E-state index is 9.55. The summed E-state index contributed by atoms with van der Waals surface area (Å²) < 4.78 is 5.46. The second kappa shape index (κ2) is 5.58. The smallest absolute Gasteiger partial charge is 0.0900 e. The van der Waals surface area contributed by atoms with Gasteiger partial charge in [0.25, 0.3) is 0 Å². The molecule has 1 atom stereocenters. The van der Waals surface area contributed by atoms with Crippen LogP contribution in [-0.2, 0) is 4.74 Å². The molecule has 0 aliphatic rings. The van der Waals surface area contributed by atoms with E-state index in [0.717, 1.165) is 6.54 Å². The Bertz CT molecular complexity index is 131. The number of aliphatic hydroxyl groups excluding tert-OH is 1. The van der Waals surface area contributed by atoms with E-state index in [9.17, 15) is 5.11 Å². The van der Waals surface area contributed by atoms with E-state index in [2.05, 4.69) is 11.8 Å². The molecule has 0 radical (unpaired) electrons. The first kappa shape index (κ1) is 12.9. The Labute approximate surface area is 81.7 Å². The molecule has 0 aliphatic heterocycles. The Morgan fingerprint density at radius 1 is 1.38 bits per heavy atom. The minimum absolute atomic E-state index is 0.161. The molecule has 0 heterocycles. The molecule has 0 rings (SSSR count). The van der Waals surface area contributed by atoms with Gasteiger partial charge in [-0.1, -0.05) is 6.92 Å². The number of aliphatic hydroxyl groups is 1. The summed E-state index contributed by atoms with van der Waals surface area (Å²) in [6, 6.07) is 0. The molecule has 13 heavy (non-hydrogen) atoms. The molecule has 3 heteroatoms. The molecule has 0 spiro atoms. The van der Waals surface area contributed by atoms with E-state index in [0.29, 0.717) is 13.2 Å². The van der Waals surface area contributed by atoms with Gasteiger partial charge in [0.1, 0.15) is 0 Å².